The summed E-state index contributed by atoms with van der Waals surface area (Å²) in [5.74, 6) is -0.412. The number of hydrogen-bond acceptors (Lipinski definition) is 4. The van der Waals surface area contributed by atoms with Gasteiger partial charge in [-0.2, -0.15) is 0 Å². The fourth-order valence-corrected chi connectivity index (χ4v) is 3.52. The molecule has 29 heavy (non-hydrogen) atoms. The highest BCUT2D eigenvalue weighted by atomic mass is 16.2. The molecule has 2 aromatic rings. The minimum absolute atomic E-state index is 0.0106. The third-order valence-corrected chi connectivity index (χ3v) is 5.67. The van der Waals surface area contributed by atoms with Crippen molar-refractivity contribution in [1.29, 1.82) is 0 Å². The van der Waals surface area contributed by atoms with E-state index >= 15 is 0 Å². The van der Waals surface area contributed by atoms with Crippen LogP contribution < -0.4 is 16.4 Å². The van der Waals surface area contributed by atoms with Crippen molar-refractivity contribution in [3.05, 3.63) is 66.0 Å². The average molecular weight is 395 g/mol. The van der Waals surface area contributed by atoms with Crippen molar-refractivity contribution in [2.45, 2.75) is 57.2 Å². The molecule has 1 saturated carbocycles. The largest absolute Gasteiger partial charge is 0.347 e. The molecule has 2 atom stereocenters. The zero-order valence-corrected chi connectivity index (χ0v) is 17.1. The molecular weight excluding hydrogens is 364 g/mol. The Hall–Kier alpha value is -2.73. The van der Waals surface area contributed by atoms with E-state index in [1.807, 2.05) is 62.4 Å². The van der Waals surface area contributed by atoms with Crippen molar-refractivity contribution in [1.82, 2.24) is 15.6 Å². The van der Waals surface area contributed by atoms with Crippen LogP contribution in [0, 0.1) is 5.92 Å². The quantitative estimate of drug-likeness (QED) is 0.641. The van der Waals surface area contributed by atoms with Gasteiger partial charge in [0.2, 0.25) is 11.8 Å². The summed E-state index contributed by atoms with van der Waals surface area (Å²) in [6, 6.07) is 14.7. The second-order valence-electron chi connectivity index (χ2n) is 8.16. The fourth-order valence-electron chi connectivity index (χ4n) is 3.52. The van der Waals surface area contributed by atoms with Gasteiger partial charge in [0, 0.05) is 18.3 Å². The smallest absolute Gasteiger partial charge is 0.246 e. The lowest BCUT2D eigenvalue weighted by Crippen LogP contribution is -2.65. The number of nitrogens with one attached hydrogen (secondary N) is 2. The number of hydrogen-bond donors (Lipinski definition) is 3. The molecule has 2 amide bonds. The lowest BCUT2D eigenvalue weighted by atomic mass is 9.75. The van der Waals surface area contributed by atoms with Crippen molar-refractivity contribution in [3.63, 3.8) is 0 Å². The normalized spacial score (nSPS) is 17.1. The van der Waals surface area contributed by atoms with Gasteiger partial charge in [0.1, 0.15) is 5.54 Å². The zero-order chi connectivity index (χ0) is 20.9. The van der Waals surface area contributed by atoms with Crippen LogP contribution in [0.4, 0.5) is 0 Å². The summed E-state index contributed by atoms with van der Waals surface area (Å²) in [4.78, 5) is 30.2. The van der Waals surface area contributed by atoms with E-state index in [0.717, 1.165) is 17.7 Å². The fraction of sp³-hybridized carbons (Fsp3) is 0.435. The highest BCUT2D eigenvalue weighted by molar-refractivity contribution is 5.94. The van der Waals surface area contributed by atoms with E-state index in [4.69, 9.17) is 5.73 Å². The first kappa shape index (κ1) is 21.0. The summed E-state index contributed by atoms with van der Waals surface area (Å²) in [5, 5.41) is 6.10. The van der Waals surface area contributed by atoms with Crippen LogP contribution in [0.1, 0.15) is 50.4 Å². The van der Waals surface area contributed by atoms with Gasteiger partial charge in [-0.3, -0.25) is 14.6 Å². The summed E-state index contributed by atoms with van der Waals surface area (Å²) in [7, 11) is 0. The molecule has 0 bridgehead atoms. The molecule has 0 saturated heterocycles. The third-order valence-electron chi connectivity index (χ3n) is 5.67. The van der Waals surface area contributed by atoms with Gasteiger partial charge in [-0.1, -0.05) is 50.2 Å². The number of carbonyl (C=O) groups excluding carboxylic acids is 2. The van der Waals surface area contributed by atoms with Crippen LogP contribution in [0.25, 0.3) is 0 Å². The first-order valence-electron chi connectivity index (χ1n) is 10.2. The Morgan fingerprint density at radius 3 is 2.34 bits per heavy atom. The SMILES string of the molecule is CC(C)C(N)C(=O)NC1(C(=O)N[C@H](Cc2ccccn2)c2ccccc2)CCC1. The van der Waals surface area contributed by atoms with Crippen LogP contribution in [0.5, 0.6) is 0 Å². The van der Waals surface area contributed by atoms with Crippen LogP contribution in [0.15, 0.2) is 54.7 Å². The molecule has 6 heteroatoms. The van der Waals surface area contributed by atoms with Crippen molar-refractivity contribution in [3.8, 4) is 0 Å². The maximum absolute atomic E-state index is 13.3. The maximum atomic E-state index is 13.3. The number of rotatable bonds is 8. The summed E-state index contributed by atoms with van der Waals surface area (Å²) < 4.78 is 0. The molecule has 1 aromatic heterocycles. The molecular formula is C23H30N4O2. The van der Waals surface area contributed by atoms with Gasteiger partial charge >= 0.3 is 0 Å². The van der Waals surface area contributed by atoms with Crippen molar-refractivity contribution in [2.75, 3.05) is 0 Å². The number of pyridine rings is 1. The Balaban J connectivity index is 1.77. The first-order chi connectivity index (χ1) is 13.9. The number of nitrogens with zero attached hydrogens (tertiary/aromatic N) is 1. The highest BCUT2D eigenvalue weighted by Crippen LogP contribution is 2.33. The number of carbonyl (C=O) groups is 2. The summed E-state index contributed by atoms with van der Waals surface area (Å²) in [6.45, 7) is 3.80. The van der Waals surface area contributed by atoms with Crippen molar-refractivity contribution in [2.24, 2.45) is 11.7 Å². The van der Waals surface area contributed by atoms with Crippen LogP contribution >= 0.6 is 0 Å². The molecule has 6 nitrogen and oxygen atoms in total. The van der Waals surface area contributed by atoms with E-state index in [9.17, 15) is 9.59 Å². The number of aromatic nitrogens is 1. The van der Waals surface area contributed by atoms with Gasteiger partial charge in [0.15, 0.2) is 0 Å². The van der Waals surface area contributed by atoms with Crippen LogP contribution in [0.2, 0.25) is 0 Å². The van der Waals surface area contributed by atoms with E-state index in [1.165, 1.54) is 0 Å². The lowest BCUT2D eigenvalue weighted by molar-refractivity contribution is -0.138. The van der Waals surface area contributed by atoms with Crippen LogP contribution in [-0.2, 0) is 16.0 Å². The Bertz CT molecular complexity index is 819. The zero-order valence-electron chi connectivity index (χ0n) is 17.1. The standard InChI is InChI=1S/C23H30N4O2/c1-16(2)20(24)21(28)27-23(12-8-13-23)22(29)26-19(17-9-4-3-5-10-17)15-18-11-6-7-14-25-18/h3-7,9-11,14,16,19-20H,8,12-13,15,24H2,1-2H3,(H,26,29)(H,27,28)/t19-,20?/m1/s1. The Morgan fingerprint density at radius 2 is 1.79 bits per heavy atom. The average Bonchev–Trinajstić information content (AvgIpc) is 2.70. The molecule has 0 aliphatic heterocycles. The third kappa shape index (κ3) is 5.01. The van der Waals surface area contributed by atoms with Gasteiger partial charge in [0.05, 0.1) is 12.1 Å². The monoisotopic (exact) mass is 394 g/mol. The second kappa shape index (κ2) is 9.18. The predicted molar refractivity (Wildman–Crippen MR) is 113 cm³/mol. The van der Waals surface area contributed by atoms with Crippen molar-refractivity contribution >= 4 is 11.8 Å². The molecule has 3 rings (SSSR count). The molecule has 1 aliphatic rings. The minimum Gasteiger partial charge on any atom is -0.347 e. The maximum Gasteiger partial charge on any atom is 0.246 e. The lowest BCUT2D eigenvalue weighted by Gasteiger charge is -2.42. The van der Waals surface area contributed by atoms with E-state index in [0.29, 0.717) is 19.3 Å². The van der Waals surface area contributed by atoms with Gasteiger partial charge in [0.25, 0.3) is 0 Å². The molecule has 1 aliphatic carbocycles. The van der Waals surface area contributed by atoms with Crippen molar-refractivity contribution < 1.29 is 9.59 Å². The molecule has 1 aromatic carbocycles. The van der Waals surface area contributed by atoms with Gasteiger partial charge in [-0.05, 0) is 42.9 Å². The molecule has 4 N–H and O–H groups in total. The molecule has 1 fully saturated rings. The summed E-state index contributed by atoms with van der Waals surface area (Å²) in [5.41, 5.74) is 7.02. The Morgan fingerprint density at radius 1 is 1.10 bits per heavy atom. The predicted octanol–water partition coefficient (Wildman–Crippen LogP) is 2.50. The summed E-state index contributed by atoms with van der Waals surface area (Å²) >= 11 is 0. The Labute approximate surface area is 172 Å². The number of amides is 2. The Kier molecular flexibility index (Phi) is 6.64. The molecule has 1 heterocycles. The number of nitrogens with two attached hydrogens (primary N) is 1. The van der Waals surface area contributed by atoms with E-state index < -0.39 is 11.6 Å². The topological polar surface area (TPSA) is 97.1 Å². The summed E-state index contributed by atoms with van der Waals surface area (Å²) in [6.07, 6.45) is 4.48. The molecule has 0 spiro atoms. The van der Waals surface area contributed by atoms with Gasteiger partial charge < -0.3 is 16.4 Å². The van der Waals surface area contributed by atoms with E-state index in [1.54, 1.807) is 6.20 Å². The first-order valence-corrected chi connectivity index (χ1v) is 10.2. The molecule has 0 radical (unpaired) electrons. The van der Waals surface area contributed by atoms with Gasteiger partial charge in [-0.25, -0.2) is 0 Å². The number of benzene rings is 1. The van der Waals surface area contributed by atoms with Gasteiger partial charge in [-0.15, -0.1) is 0 Å². The van der Waals surface area contributed by atoms with E-state index in [2.05, 4.69) is 15.6 Å². The minimum atomic E-state index is -0.874. The van der Waals surface area contributed by atoms with E-state index in [-0.39, 0.29) is 23.8 Å². The molecule has 1 unspecified atom stereocenters. The highest BCUT2D eigenvalue weighted by Gasteiger charge is 2.46. The van der Waals surface area contributed by atoms with Crippen LogP contribution in [0.3, 0.4) is 0 Å². The van der Waals surface area contributed by atoms with Crippen LogP contribution in [-0.4, -0.2) is 28.4 Å². The molecule has 154 valence electrons. The second-order valence-corrected chi connectivity index (χ2v) is 8.16.